The van der Waals surface area contributed by atoms with Crippen LogP contribution in [-0.2, 0) is 6.54 Å². The number of aryl methyl sites for hydroxylation is 3. The third-order valence-corrected chi connectivity index (χ3v) is 6.63. The summed E-state index contributed by atoms with van der Waals surface area (Å²) in [7, 11) is 0. The number of nitrogens with one attached hydrogen (secondary N) is 2. The first kappa shape index (κ1) is 34.3. The molecule has 0 spiro atoms. The maximum atomic E-state index is 13.6. The average Bonchev–Trinajstić information content (AvgIpc) is 3.34. The predicted molar refractivity (Wildman–Crippen MR) is 177 cm³/mol. The molecule has 1 aromatic heterocycles. The van der Waals surface area contributed by atoms with Crippen molar-refractivity contribution in [1.29, 1.82) is 0 Å². The second kappa shape index (κ2) is 15.3. The van der Waals surface area contributed by atoms with Crippen LogP contribution in [0.1, 0.15) is 105 Å². The van der Waals surface area contributed by atoms with Gasteiger partial charge in [0.2, 0.25) is 0 Å². The lowest BCUT2D eigenvalue weighted by atomic mass is 9.98. The number of nitrogens with zero attached hydrogens (tertiary/aromatic N) is 2. The number of imidazole rings is 1. The summed E-state index contributed by atoms with van der Waals surface area (Å²) in [5.41, 5.74) is 8.08. The van der Waals surface area contributed by atoms with Crippen molar-refractivity contribution >= 4 is 22.8 Å². The zero-order chi connectivity index (χ0) is 31.6. The summed E-state index contributed by atoms with van der Waals surface area (Å²) in [6, 6.07) is 18.0. The molecule has 4 aromatic rings. The van der Waals surface area contributed by atoms with Gasteiger partial charge in [-0.3, -0.25) is 9.59 Å². The maximum absolute atomic E-state index is 13.6. The Morgan fingerprint density at radius 1 is 0.857 bits per heavy atom. The van der Waals surface area contributed by atoms with E-state index < -0.39 is 0 Å². The molecule has 2 amide bonds. The lowest BCUT2D eigenvalue weighted by Crippen LogP contribution is -2.40. The highest BCUT2D eigenvalue weighted by molar-refractivity contribution is 5.99. The maximum Gasteiger partial charge on any atom is 0.254 e. The van der Waals surface area contributed by atoms with Gasteiger partial charge in [-0.15, -0.1) is 0 Å². The fraction of sp³-hybridized carbons (Fsp3) is 0.417. The second-order valence-electron chi connectivity index (χ2n) is 11.2. The van der Waals surface area contributed by atoms with E-state index in [4.69, 9.17) is 0 Å². The Balaban J connectivity index is 0.00000148. The largest absolute Gasteiger partial charge is 0.347 e. The summed E-state index contributed by atoms with van der Waals surface area (Å²) in [4.78, 5) is 36.0. The summed E-state index contributed by atoms with van der Waals surface area (Å²) in [6.07, 6.45) is 0.853. The Labute approximate surface area is 253 Å². The van der Waals surface area contributed by atoms with Gasteiger partial charge in [-0.1, -0.05) is 52.8 Å². The number of aromatic nitrogens is 2. The monoisotopic (exact) mass is 570 g/mol. The highest BCUT2D eigenvalue weighted by atomic mass is 16.2. The van der Waals surface area contributed by atoms with E-state index in [-0.39, 0.29) is 17.4 Å². The zero-order valence-corrected chi connectivity index (χ0v) is 27.5. The topological polar surface area (TPSA) is 78.1 Å². The Kier molecular flexibility index (Phi) is 12.5. The van der Waals surface area contributed by atoms with Crippen LogP contribution in [-0.4, -0.2) is 38.8 Å². The molecule has 226 valence electrons. The van der Waals surface area contributed by atoms with Crippen molar-refractivity contribution in [2.24, 2.45) is 0 Å². The average molecular weight is 571 g/mol. The molecule has 3 aromatic carbocycles. The fourth-order valence-electron chi connectivity index (χ4n) is 4.71. The van der Waals surface area contributed by atoms with Crippen molar-refractivity contribution in [3.05, 3.63) is 88.2 Å². The van der Waals surface area contributed by atoms with Crippen LogP contribution in [0.4, 0.5) is 0 Å². The molecule has 1 heterocycles. The minimum absolute atomic E-state index is 0.0307. The van der Waals surface area contributed by atoms with Crippen molar-refractivity contribution in [3.8, 4) is 11.1 Å². The van der Waals surface area contributed by atoms with Gasteiger partial charge in [-0.05, 0) is 112 Å². The fourth-order valence-corrected chi connectivity index (χ4v) is 4.71. The predicted octanol–water partition coefficient (Wildman–Crippen LogP) is 8.79. The van der Waals surface area contributed by atoms with Crippen LogP contribution in [0.2, 0.25) is 0 Å². The molecule has 0 unspecified atom stereocenters. The molecule has 0 aliphatic carbocycles. The Morgan fingerprint density at radius 3 is 2.12 bits per heavy atom. The van der Waals surface area contributed by atoms with Gasteiger partial charge in [0.25, 0.3) is 11.8 Å². The van der Waals surface area contributed by atoms with E-state index >= 15 is 0 Å². The molecule has 0 atom stereocenters. The van der Waals surface area contributed by atoms with Crippen molar-refractivity contribution < 1.29 is 9.59 Å². The minimum Gasteiger partial charge on any atom is -0.347 e. The summed E-state index contributed by atoms with van der Waals surface area (Å²) in [6.45, 7) is 23.0. The number of aromatic amines is 1. The number of hydrogen-bond acceptors (Lipinski definition) is 3. The van der Waals surface area contributed by atoms with Crippen molar-refractivity contribution in [3.63, 3.8) is 0 Å². The molecule has 4 rings (SSSR count). The molecular weight excluding hydrogens is 520 g/mol. The molecule has 2 N–H and O–H groups in total. The van der Waals surface area contributed by atoms with Crippen LogP contribution in [0.3, 0.4) is 0 Å². The number of rotatable bonds is 7. The van der Waals surface area contributed by atoms with Gasteiger partial charge < -0.3 is 15.2 Å². The molecule has 0 aliphatic heterocycles. The van der Waals surface area contributed by atoms with Crippen molar-refractivity contribution in [2.45, 2.75) is 94.7 Å². The van der Waals surface area contributed by atoms with Gasteiger partial charge in [-0.2, -0.15) is 0 Å². The van der Waals surface area contributed by atoms with E-state index in [1.165, 1.54) is 0 Å². The molecule has 0 saturated carbocycles. The van der Waals surface area contributed by atoms with Crippen LogP contribution in [0.5, 0.6) is 0 Å². The Hall–Kier alpha value is -3.93. The summed E-state index contributed by atoms with van der Waals surface area (Å²) >= 11 is 0. The Morgan fingerprint density at radius 2 is 1.50 bits per heavy atom. The number of carbonyl (C=O) groups is 2. The van der Waals surface area contributed by atoms with Crippen molar-refractivity contribution in [2.75, 3.05) is 6.54 Å². The standard InChI is InChI=1S/C32H38N4O2.2C2H6/c1-8-15-36(31(38)25-11-13-27(21(3)16-25)30(37)35-32(5,6)7)19-26-17-23(10-9-20(26)2)24-12-14-28-29(18-24)34-22(4)33-28;2*1-2/h9-14,16-18H,8,15,19H2,1-7H3,(H,33,34)(H,35,37);2*1-2H3. The van der Waals surface area contributed by atoms with Gasteiger partial charge >= 0.3 is 0 Å². The SMILES string of the molecule is CC.CC.CCCN(Cc1cc(-c2ccc3nc(C)[nH]c3c2)ccc1C)C(=O)c1ccc(C(=O)NC(C)(C)C)c(C)c1. The molecule has 6 nitrogen and oxygen atoms in total. The van der Waals surface area contributed by atoms with E-state index in [2.05, 4.69) is 59.5 Å². The molecule has 0 aliphatic rings. The quantitative estimate of drug-likeness (QED) is 0.233. The lowest BCUT2D eigenvalue weighted by molar-refractivity contribution is 0.0742. The first-order chi connectivity index (χ1) is 19.9. The van der Waals surface area contributed by atoms with Crippen LogP contribution in [0, 0.1) is 20.8 Å². The molecule has 6 heteroatoms. The Bertz CT molecular complexity index is 1490. The normalized spacial score (nSPS) is 10.7. The first-order valence-corrected chi connectivity index (χ1v) is 15.2. The van der Waals surface area contributed by atoms with Crippen LogP contribution in [0.15, 0.2) is 54.6 Å². The van der Waals surface area contributed by atoms with Gasteiger partial charge in [0.05, 0.1) is 11.0 Å². The highest BCUT2D eigenvalue weighted by Gasteiger charge is 2.21. The third-order valence-electron chi connectivity index (χ3n) is 6.63. The smallest absolute Gasteiger partial charge is 0.254 e. The molecular formula is C36H50N4O2. The van der Waals surface area contributed by atoms with Gasteiger partial charge in [0.1, 0.15) is 5.82 Å². The van der Waals surface area contributed by atoms with E-state index in [0.29, 0.717) is 24.2 Å². The lowest BCUT2D eigenvalue weighted by Gasteiger charge is -2.24. The van der Waals surface area contributed by atoms with Gasteiger partial charge in [0, 0.05) is 29.8 Å². The summed E-state index contributed by atoms with van der Waals surface area (Å²) in [5.74, 6) is 0.737. The second-order valence-corrected chi connectivity index (χ2v) is 11.2. The number of amides is 2. The van der Waals surface area contributed by atoms with Gasteiger partial charge in [0.15, 0.2) is 0 Å². The molecule has 42 heavy (non-hydrogen) atoms. The van der Waals surface area contributed by atoms with Crippen molar-refractivity contribution in [1.82, 2.24) is 20.2 Å². The van der Waals surface area contributed by atoms with Crippen LogP contribution < -0.4 is 5.32 Å². The number of benzene rings is 3. The molecule has 0 fully saturated rings. The number of carbonyl (C=O) groups excluding carboxylic acids is 2. The minimum atomic E-state index is -0.328. The number of H-pyrrole nitrogens is 1. The molecule has 0 saturated heterocycles. The van der Waals surface area contributed by atoms with E-state index in [9.17, 15) is 9.59 Å². The van der Waals surface area contributed by atoms with Gasteiger partial charge in [-0.25, -0.2) is 4.98 Å². The van der Waals surface area contributed by atoms with Crippen LogP contribution >= 0.6 is 0 Å². The number of fused-ring (bicyclic) bond motifs is 1. The molecule has 0 radical (unpaired) electrons. The first-order valence-electron chi connectivity index (χ1n) is 15.2. The number of hydrogen-bond donors (Lipinski definition) is 2. The third kappa shape index (κ3) is 8.78. The molecule has 0 bridgehead atoms. The van der Waals surface area contributed by atoms with E-state index in [1.54, 1.807) is 12.1 Å². The zero-order valence-electron chi connectivity index (χ0n) is 27.5. The highest BCUT2D eigenvalue weighted by Crippen LogP contribution is 2.27. The summed E-state index contributed by atoms with van der Waals surface area (Å²) < 4.78 is 0. The van der Waals surface area contributed by atoms with Crippen LogP contribution in [0.25, 0.3) is 22.2 Å². The summed E-state index contributed by atoms with van der Waals surface area (Å²) in [5, 5.41) is 3.00. The van der Waals surface area contributed by atoms with E-state index in [0.717, 1.165) is 51.1 Å². The van der Waals surface area contributed by atoms with E-state index in [1.807, 2.05) is 79.3 Å².